The van der Waals surface area contributed by atoms with E-state index in [0.717, 1.165) is 48.3 Å². The maximum atomic E-state index is 15.3. The second kappa shape index (κ2) is 15.0. The summed E-state index contributed by atoms with van der Waals surface area (Å²) in [6, 6.07) is 54.4. The number of rotatable bonds is 4. The SMILES string of the molecule is CC(C)(C)c1ccc(N2c3cc(N4c5ccc(F)cc5C5(C)CCCCC45C)ccc3B3c4ccccc4N(c4ccc(C(C)(C)C)cc4-c4ccccc4)c4cc(C(C)(C)C)cc2c43)cc1. The molecule has 0 saturated heterocycles. The third kappa shape index (κ3) is 6.65. The van der Waals surface area contributed by atoms with Crippen molar-refractivity contribution in [3.8, 4) is 11.1 Å². The molecule has 11 rings (SSSR count). The first kappa shape index (κ1) is 43.5. The number of fused-ring (bicyclic) bond motifs is 7. The molecule has 0 N–H and O–H groups in total. The van der Waals surface area contributed by atoms with Gasteiger partial charge < -0.3 is 14.7 Å². The molecule has 1 saturated carbocycles. The van der Waals surface area contributed by atoms with Crippen LogP contribution in [0.1, 0.15) is 124 Å². The van der Waals surface area contributed by atoms with Gasteiger partial charge in [0, 0.05) is 50.8 Å². The summed E-state index contributed by atoms with van der Waals surface area (Å²) in [5.74, 6) is -0.154. The van der Waals surface area contributed by atoms with Crippen LogP contribution in [0.25, 0.3) is 11.1 Å². The highest BCUT2D eigenvalue weighted by molar-refractivity contribution is 7.00. The molecule has 1 aliphatic carbocycles. The second-order valence-corrected chi connectivity index (χ2v) is 23.5. The van der Waals surface area contributed by atoms with E-state index in [2.05, 4.69) is 218 Å². The largest absolute Gasteiger partial charge is 0.334 e. The Kier molecular flexibility index (Phi) is 9.72. The molecule has 67 heavy (non-hydrogen) atoms. The molecule has 5 heteroatoms. The molecule has 2 atom stereocenters. The number of nitrogens with zero attached hydrogens (tertiary/aromatic N) is 3. The Balaban J connectivity index is 1.21. The van der Waals surface area contributed by atoms with E-state index in [-0.39, 0.29) is 39.7 Å². The molecule has 1 fully saturated rings. The molecular weight excluding hydrogens is 817 g/mol. The van der Waals surface area contributed by atoms with Crippen molar-refractivity contribution in [1.29, 1.82) is 0 Å². The quantitative estimate of drug-likeness (QED) is 0.163. The molecule has 7 aromatic rings. The Hall–Kier alpha value is -6.07. The Morgan fingerprint density at radius 1 is 0.478 bits per heavy atom. The highest BCUT2D eigenvalue weighted by Crippen LogP contribution is 2.61. The zero-order valence-electron chi connectivity index (χ0n) is 41.5. The second-order valence-electron chi connectivity index (χ2n) is 23.5. The molecule has 0 amide bonds. The number of hydrogen-bond acceptors (Lipinski definition) is 3. The molecule has 7 aromatic carbocycles. The summed E-state index contributed by atoms with van der Waals surface area (Å²) in [6.45, 7) is 25.7. The molecule has 4 aliphatic rings. The van der Waals surface area contributed by atoms with Crippen molar-refractivity contribution in [3.63, 3.8) is 0 Å². The summed E-state index contributed by atoms with van der Waals surface area (Å²) in [7, 11) is 0. The summed E-state index contributed by atoms with van der Waals surface area (Å²) < 4.78 is 15.3. The van der Waals surface area contributed by atoms with Crippen molar-refractivity contribution in [1.82, 2.24) is 0 Å². The first-order valence-electron chi connectivity index (χ1n) is 24.7. The topological polar surface area (TPSA) is 9.72 Å². The van der Waals surface area contributed by atoms with E-state index < -0.39 is 0 Å². The van der Waals surface area contributed by atoms with Gasteiger partial charge in [0.1, 0.15) is 5.82 Å². The summed E-state index contributed by atoms with van der Waals surface area (Å²) >= 11 is 0. The zero-order chi connectivity index (χ0) is 47.0. The molecule has 0 spiro atoms. The van der Waals surface area contributed by atoms with Crippen molar-refractivity contribution >= 4 is 68.6 Å². The number of benzene rings is 7. The summed E-state index contributed by atoms with van der Waals surface area (Å²) in [5, 5.41) is 0. The number of hydrogen-bond donors (Lipinski definition) is 0. The lowest BCUT2D eigenvalue weighted by Crippen LogP contribution is -2.61. The van der Waals surface area contributed by atoms with Crippen LogP contribution in [0.3, 0.4) is 0 Å². The first-order valence-corrected chi connectivity index (χ1v) is 24.7. The summed E-state index contributed by atoms with van der Waals surface area (Å²) in [6.07, 6.45) is 4.39. The molecule has 0 aromatic heterocycles. The van der Waals surface area contributed by atoms with Crippen molar-refractivity contribution in [2.24, 2.45) is 0 Å². The fraction of sp³-hybridized carbons (Fsp3) is 0.323. The van der Waals surface area contributed by atoms with E-state index in [9.17, 15) is 0 Å². The third-order valence-corrected chi connectivity index (χ3v) is 16.3. The monoisotopic (exact) mass is 882 g/mol. The molecule has 3 aliphatic heterocycles. The summed E-state index contributed by atoms with van der Waals surface area (Å²) in [4.78, 5) is 7.75. The van der Waals surface area contributed by atoms with Gasteiger partial charge in [0.05, 0.1) is 11.2 Å². The van der Waals surface area contributed by atoms with Crippen LogP contribution in [0.4, 0.5) is 49.9 Å². The average molecular weight is 882 g/mol. The normalized spacial score (nSPS) is 19.7. The standard InChI is InChI=1S/C62H65BFN3/c1-58(2,3)41-23-27-45(28-24-41)65-54-39-46(67-52-32-26-44(64)38-48(52)61(10)33-17-18-34-62(61,67)11)29-30-50(54)63-49-21-15-16-22-53(49)66(56-37-43(60(7,8)9)36-55(65)57(56)63)51-31-25-42(59(4,5)6)35-47(51)40-19-13-12-14-20-40/h12-16,19-32,35-39H,17-18,33-34H2,1-11H3. The van der Waals surface area contributed by atoms with Gasteiger partial charge in [0.25, 0.3) is 6.71 Å². The van der Waals surface area contributed by atoms with Gasteiger partial charge in [-0.25, -0.2) is 4.39 Å². The van der Waals surface area contributed by atoms with Crippen LogP contribution >= 0.6 is 0 Å². The van der Waals surface area contributed by atoms with Gasteiger partial charge >= 0.3 is 0 Å². The fourth-order valence-corrected chi connectivity index (χ4v) is 12.3. The maximum Gasteiger partial charge on any atom is 0.252 e. The summed E-state index contributed by atoms with van der Waals surface area (Å²) in [5.41, 5.74) is 20.2. The predicted octanol–water partition coefficient (Wildman–Crippen LogP) is 15.2. The van der Waals surface area contributed by atoms with E-state index in [4.69, 9.17) is 0 Å². The van der Waals surface area contributed by atoms with Gasteiger partial charge in [-0.3, -0.25) is 0 Å². The van der Waals surface area contributed by atoms with Crippen LogP contribution in [-0.2, 0) is 21.7 Å². The van der Waals surface area contributed by atoms with Crippen LogP contribution in [0, 0.1) is 5.82 Å². The minimum absolute atomic E-state index is 0.00976. The third-order valence-electron chi connectivity index (χ3n) is 16.3. The Morgan fingerprint density at radius 3 is 1.78 bits per heavy atom. The van der Waals surface area contributed by atoms with Crippen LogP contribution in [0.5, 0.6) is 0 Å². The van der Waals surface area contributed by atoms with Gasteiger partial charge in [-0.15, -0.1) is 0 Å². The van der Waals surface area contributed by atoms with Crippen LogP contribution < -0.4 is 31.1 Å². The van der Waals surface area contributed by atoms with Crippen molar-refractivity contribution in [2.45, 2.75) is 129 Å². The smallest absolute Gasteiger partial charge is 0.252 e. The molecule has 0 radical (unpaired) electrons. The van der Waals surface area contributed by atoms with Crippen molar-refractivity contribution in [2.75, 3.05) is 14.7 Å². The number of anilines is 8. The Morgan fingerprint density at radius 2 is 1.07 bits per heavy atom. The van der Waals surface area contributed by atoms with Crippen LogP contribution in [0.15, 0.2) is 146 Å². The van der Waals surface area contributed by atoms with E-state index >= 15 is 4.39 Å². The van der Waals surface area contributed by atoms with E-state index in [1.807, 2.05) is 12.1 Å². The zero-order valence-corrected chi connectivity index (χ0v) is 41.5. The van der Waals surface area contributed by atoms with Crippen LogP contribution in [0.2, 0.25) is 0 Å². The van der Waals surface area contributed by atoms with Gasteiger partial charge in [-0.2, -0.15) is 0 Å². The highest BCUT2D eigenvalue weighted by Gasteiger charge is 2.58. The van der Waals surface area contributed by atoms with Crippen LogP contribution in [-0.4, -0.2) is 12.3 Å². The lowest BCUT2D eigenvalue weighted by Gasteiger charge is -2.50. The Bertz CT molecular complexity index is 3100. The minimum Gasteiger partial charge on any atom is -0.334 e. The van der Waals surface area contributed by atoms with Gasteiger partial charge in [0.15, 0.2) is 0 Å². The molecule has 3 heterocycles. The van der Waals surface area contributed by atoms with E-state index in [1.165, 1.54) is 72.6 Å². The molecular formula is C62H65BFN3. The van der Waals surface area contributed by atoms with Gasteiger partial charge in [0.2, 0.25) is 0 Å². The lowest BCUT2D eigenvalue weighted by atomic mass is 9.33. The molecule has 338 valence electrons. The molecule has 0 bridgehead atoms. The molecule has 2 unspecified atom stereocenters. The minimum atomic E-state index is -0.217. The van der Waals surface area contributed by atoms with Crippen molar-refractivity contribution in [3.05, 3.63) is 174 Å². The number of halogens is 1. The van der Waals surface area contributed by atoms with Gasteiger partial charge in [-0.05, 0) is 153 Å². The molecule has 3 nitrogen and oxygen atoms in total. The maximum absolute atomic E-state index is 15.3. The lowest BCUT2D eigenvalue weighted by molar-refractivity contribution is 0.194. The first-order chi connectivity index (χ1) is 31.8. The van der Waals surface area contributed by atoms with Gasteiger partial charge in [-0.1, -0.05) is 155 Å². The fourth-order valence-electron chi connectivity index (χ4n) is 12.3. The predicted molar refractivity (Wildman–Crippen MR) is 285 cm³/mol. The average Bonchev–Trinajstić information content (AvgIpc) is 3.50. The van der Waals surface area contributed by atoms with E-state index in [0.29, 0.717) is 0 Å². The van der Waals surface area contributed by atoms with Crippen molar-refractivity contribution < 1.29 is 4.39 Å². The highest BCUT2D eigenvalue weighted by atomic mass is 19.1. The van der Waals surface area contributed by atoms with E-state index in [1.54, 1.807) is 6.07 Å². The number of para-hydroxylation sites is 1. The Labute approximate surface area is 399 Å².